The van der Waals surface area contributed by atoms with Crippen LogP contribution < -0.4 is 19.7 Å². The highest BCUT2D eigenvalue weighted by Crippen LogP contribution is 2.30. The largest absolute Gasteiger partial charge is 0.486 e. The molecule has 1 atom stereocenters. The molecule has 0 amide bonds. The van der Waals surface area contributed by atoms with Crippen LogP contribution in [-0.4, -0.2) is 63.0 Å². The number of quaternary nitrogens is 1. The van der Waals surface area contributed by atoms with Crippen LogP contribution in [0.25, 0.3) is 0 Å². The number of hydrogen-bond acceptors (Lipinski definition) is 3. The summed E-state index contributed by atoms with van der Waals surface area (Å²) in [6, 6.07) is 7.79. The molecule has 0 spiro atoms. The van der Waals surface area contributed by atoms with E-state index < -0.39 is 0 Å². The zero-order valence-corrected chi connectivity index (χ0v) is 15.1. The number of nitrogens with one attached hydrogen (secondary N) is 2. The summed E-state index contributed by atoms with van der Waals surface area (Å²) in [5, 5.41) is 4.14. The van der Waals surface area contributed by atoms with Crippen LogP contribution in [0.4, 0.5) is 0 Å². The van der Waals surface area contributed by atoms with Gasteiger partial charge in [0, 0.05) is 19.5 Å². The molecule has 1 aliphatic rings. The lowest BCUT2D eigenvalue weighted by Gasteiger charge is -2.32. The van der Waals surface area contributed by atoms with Crippen molar-refractivity contribution in [1.29, 1.82) is 0 Å². The Kier molecular flexibility index (Phi) is 6.92. The van der Waals surface area contributed by atoms with E-state index in [1.54, 1.807) is 0 Å². The fourth-order valence-electron chi connectivity index (χ4n) is 2.50. The summed E-state index contributed by atoms with van der Waals surface area (Å²) in [5.41, 5.74) is 0. The van der Waals surface area contributed by atoms with Crippen LogP contribution in [0.2, 0.25) is 0 Å². The van der Waals surface area contributed by atoms with Gasteiger partial charge in [0.25, 0.3) is 0 Å². The van der Waals surface area contributed by atoms with E-state index in [2.05, 4.69) is 31.2 Å². The summed E-state index contributed by atoms with van der Waals surface area (Å²) < 4.78 is 11.8. The van der Waals surface area contributed by atoms with Crippen LogP contribution in [0, 0.1) is 0 Å². The quantitative estimate of drug-likeness (QED) is 0.561. The van der Waals surface area contributed by atoms with Crippen molar-refractivity contribution in [3.8, 4) is 11.5 Å². The minimum absolute atomic E-state index is 0.00387. The molecule has 1 aromatic carbocycles. The normalized spacial score (nSPS) is 16.3. The molecule has 1 aromatic rings. The highest BCUT2D eigenvalue weighted by Gasteiger charge is 2.23. The topological polar surface area (TPSA) is 38.2 Å². The lowest BCUT2D eigenvalue weighted by Crippen LogP contribution is -3.05. The van der Waals surface area contributed by atoms with Crippen LogP contribution in [0.3, 0.4) is 0 Å². The molecule has 6 heteroatoms. The van der Waals surface area contributed by atoms with Crippen molar-refractivity contribution < 1.29 is 14.4 Å². The van der Waals surface area contributed by atoms with Gasteiger partial charge >= 0.3 is 0 Å². The molecule has 1 aliphatic heterocycles. The summed E-state index contributed by atoms with van der Waals surface area (Å²) >= 11 is 5.51. The first-order valence-electron chi connectivity index (χ1n) is 8.30. The maximum Gasteiger partial charge on any atom is 0.169 e. The number of thiocarbonyl (C=S) groups is 1. The van der Waals surface area contributed by atoms with E-state index >= 15 is 0 Å². The third-order valence-electron chi connectivity index (χ3n) is 3.79. The van der Waals surface area contributed by atoms with E-state index in [-0.39, 0.29) is 6.10 Å². The van der Waals surface area contributed by atoms with Gasteiger partial charge in [-0.05, 0) is 31.3 Å². The fourth-order valence-corrected chi connectivity index (χ4v) is 2.81. The van der Waals surface area contributed by atoms with Crippen molar-refractivity contribution in [3.05, 3.63) is 24.3 Å². The molecule has 0 aromatic heterocycles. The number of para-hydroxylation sites is 2. The Labute approximate surface area is 144 Å². The molecule has 2 rings (SSSR count). The van der Waals surface area contributed by atoms with Crippen molar-refractivity contribution in [3.63, 3.8) is 0 Å². The molecular weight excluding hydrogens is 310 g/mol. The molecule has 0 saturated carbocycles. The molecule has 23 heavy (non-hydrogen) atoms. The van der Waals surface area contributed by atoms with Crippen LogP contribution >= 0.6 is 12.2 Å². The van der Waals surface area contributed by atoms with Gasteiger partial charge in [-0.2, -0.15) is 0 Å². The first kappa shape index (κ1) is 17.8. The van der Waals surface area contributed by atoms with Crippen LogP contribution in [0.5, 0.6) is 11.5 Å². The summed E-state index contributed by atoms with van der Waals surface area (Å²) in [4.78, 5) is 3.59. The summed E-state index contributed by atoms with van der Waals surface area (Å²) in [6.07, 6.45) is 1.10. The monoisotopic (exact) mass is 338 g/mol. The highest BCUT2D eigenvalue weighted by atomic mass is 32.1. The molecule has 0 fully saturated rings. The highest BCUT2D eigenvalue weighted by molar-refractivity contribution is 7.80. The van der Waals surface area contributed by atoms with Crippen molar-refractivity contribution >= 4 is 17.3 Å². The number of benzene rings is 1. The van der Waals surface area contributed by atoms with E-state index in [0.29, 0.717) is 6.61 Å². The molecule has 1 heterocycles. The third-order valence-corrected chi connectivity index (χ3v) is 4.19. The van der Waals surface area contributed by atoms with Crippen molar-refractivity contribution in [2.24, 2.45) is 0 Å². The Hall–Kier alpha value is -1.53. The van der Waals surface area contributed by atoms with Crippen LogP contribution in [0.15, 0.2) is 24.3 Å². The molecular formula is C17H28N3O2S+. The Morgan fingerprint density at radius 2 is 2.09 bits per heavy atom. The molecule has 0 unspecified atom stereocenters. The third kappa shape index (κ3) is 5.55. The molecule has 2 N–H and O–H groups in total. The summed E-state index contributed by atoms with van der Waals surface area (Å²) in [5.74, 6) is 1.63. The van der Waals surface area contributed by atoms with Gasteiger partial charge in [0.2, 0.25) is 0 Å². The first-order chi connectivity index (χ1) is 11.1. The van der Waals surface area contributed by atoms with Crippen molar-refractivity contribution in [2.75, 3.05) is 46.9 Å². The second-order valence-electron chi connectivity index (χ2n) is 6.08. The van der Waals surface area contributed by atoms with Gasteiger partial charge in [0.15, 0.2) is 22.7 Å². The van der Waals surface area contributed by atoms with E-state index in [4.69, 9.17) is 21.7 Å². The number of hydrogen-bond donors (Lipinski definition) is 2. The number of rotatable bonds is 7. The number of nitrogens with zero attached hydrogens (tertiary/aromatic N) is 1. The van der Waals surface area contributed by atoms with Gasteiger partial charge in [-0.1, -0.05) is 12.1 Å². The second kappa shape index (κ2) is 8.93. The smallest absolute Gasteiger partial charge is 0.169 e. The minimum Gasteiger partial charge on any atom is -0.486 e. The molecule has 0 radical (unpaired) electrons. The second-order valence-corrected chi connectivity index (χ2v) is 6.47. The van der Waals surface area contributed by atoms with Gasteiger partial charge in [0.1, 0.15) is 6.61 Å². The maximum atomic E-state index is 6.01. The van der Waals surface area contributed by atoms with Gasteiger partial charge in [-0.3, -0.25) is 0 Å². The number of fused-ring (bicyclic) bond motifs is 1. The Bertz CT molecular complexity index is 510. The predicted molar refractivity (Wildman–Crippen MR) is 96.5 cm³/mol. The van der Waals surface area contributed by atoms with Gasteiger partial charge in [0.05, 0.1) is 27.2 Å². The Morgan fingerprint density at radius 1 is 1.35 bits per heavy atom. The Balaban J connectivity index is 1.79. The van der Waals surface area contributed by atoms with E-state index in [9.17, 15) is 0 Å². The average Bonchev–Trinajstić information content (AvgIpc) is 2.56. The Morgan fingerprint density at radius 3 is 2.78 bits per heavy atom. The van der Waals surface area contributed by atoms with Gasteiger partial charge < -0.3 is 24.6 Å². The van der Waals surface area contributed by atoms with Crippen molar-refractivity contribution in [1.82, 2.24) is 10.2 Å². The first-order valence-corrected chi connectivity index (χ1v) is 8.71. The SMILES string of the molecule is CCN(C[C@H]1COc2ccccc2O1)C(=S)NCCC[NH+](C)C. The lowest BCUT2D eigenvalue weighted by molar-refractivity contribution is -0.858. The fraction of sp³-hybridized carbons (Fsp3) is 0.588. The van der Waals surface area contributed by atoms with Gasteiger partial charge in [-0.25, -0.2) is 0 Å². The summed E-state index contributed by atoms with van der Waals surface area (Å²) in [6.45, 7) is 6.29. The standard InChI is InChI=1S/C17H27N3O2S/c1-4-20(17(23)18-10-7-11-19(2)3)12-14-13-21-15-8-5-6-9-16(15)22-14/h5-6,8-9,14H,4,7,10-13H2,1-3H3,(H,18,23)/p+1/t14-/m0/s1. The lowest BCUT2D eigenvalue weighted by atomic mass is 10.2. The van der Waals surface area contributed by atoms with E-state index in [1.165, 1.54) is 4.90 Å². The van der Waals surface area contributed by atoms with Gasteiger partial charge in [-0.15, -0.1) is 0 Å². The molecule has 0 saturated heterocycles. The maximum absolute atomic E-state index is 6.01. The van der Waals surface area contributed by atoms with Crippen LogP contribution in [-0.2, 0) is 0 Å². The van der Waals surface area contributed by atoms with Crippen molar-refractivity contribution in [2.45, 2.75) is 19.4 Å². The predicted octanol–water partition coefficient (Wildman–Crippen LogP) is 0.557. The molecule has 5 nitrogen and oxygen atoms in total. The zero-order valence-electron chi connectivity index (χ0n) is 14.3. The number of likely N-dealkylation sites (N-methyl/N-ethyl adjacent to an activating group) is 1. The molecule has 128 valence electrons. The number of ether oxygens (including phenoxy) is 2. The summed E-state index contributed by atoms with van der Waals surface area (Å²) in [7, 11) is 4.32. The van der Waals surface area contributed by atoms with Crippen LogP contribution in [0.1, 0.15) is 13.3 Å². The molecule has 0 bridgehead atoms. The van der Waals surface area contributed by atoms with E-state index in [1.807, 2.05) is 24.3 Å². The van der Waals surface area contributed by atoms with E-state index in [0.717, 1.165) is 49.2 Å². The zero-order chi connectivity index (χ0) is 16.7. The average molecular weight is 338 g/mol. The molecule has 0 aliphatic carbocycles. The minimum atomic E-state index is -0.00387.